The topological polar surface area (TPSA) is 110 Å². The SMILES string of the molecule is CNCC1C(O)C(O)CC2(C)C3CCC4(C)C(C5CC6CCCC7=C6C(C(C(C)C)=C6CCCC8(CCCC8)C67)C5O)CCC4(O)C3=CC(=O)C12. The maximum absolute atomic E-state index is 14.2. The van der Waals surface area contributed by atoms with Gasteiger partial charge < -0.3 is 25.7 Å². The number of allylic oxidation sites excluding steroid dienone is 3. The van der Waals surface area contributed by atoms with Crippen molar-refractivity contribution in [3.05, 3.63) is 33.9 Å². The van der Waals surface area contributed by atoms with Gasteiger partial charge in [0.1, 0.15) is 0 Å². The molecule has 6 nitrogen and oxygen atoms in total. The molecule has 9 aliphatic carbocycles. The van der Waals surface area contributed by atoms with Crippen molar-refractivity contribution < 1.29 is 25.2 Å². The number of aliphatic hydroxyl groups excluding tert-OH is 3. The number of carbonyl (C=O) groups excluding carboxylic acids is 1. The third kappa shape index (κ3) is 4.61. The van der Waals surface area contributed by atoms with Gasteiger partial charge in [-0.05, 0) is 149 Å². The van der Waals surface area contributed by atoms with Crippen LogP contribution in [0.5, 0.6) is 0 Å². The van der Waals surface area contributed by atoms with E-state index in [0.29, 0.717) is 42.6 Å². The molecule has 14 unspecified atom stereocenters. The van der Waals surface area contributed by atoms with Gasteiger partial charge in [-0.25, -0.2) is 0 Å². The average Bonchev–Trinajstić information content (AvgIpc) is 3.66. The van der Waals surface area contributed by atoms with Crippen LogP contribution < -0.4 is 5.32 Å². The zero-order chi connectivity index (χ0) is 35.8. The van der Waals surface area contributed by atoms with Crippen molar-refractivity contribution >= 4 is 5.78 Å². The summed E-state index contributed by atoms with van der Waals surface area (Å²) in [5.74, 6) is 1.29. The molecule has 5 N–H and O–H groups in total. The minimum atomic E-state index is -1.10. The average molecular weight is 702 g/mol. The van der Waals surface area contributed by atoms with Crippen LogP contribution in [0.15, 0.2) is 33.9 Å². The molecule has 0 aromatic heterocycles. The molecule has 0 aliphatic heterocycles. The van der Waals surface area contributed by atoms with Crippen LogP contribution in [0, 0.1) is 69.5 Å². The van der Waals surface area contributed by atoms with E-state index in [0.717, 1.165) is 31.3 Å². The standard InChI is InChI=1S/C45H67NO5/c1-24(2)35-26-12-9-17-44(15-6-7-16-44)38(26)27-11-8-10-25-20-28(41(50)37(35)36(25)27)30-14-19-45(51)32-21-33(47)39-29(23-46-5)40(49)34(48)22-42(39,3)31(32)13-18-43(30,45)4/h21,24-25,28-31,34,37-41,46,48-51H,6-20,22-23H2,1-5H3. The Bertz CT molecular complexity index is 1540. The van der Waals surface area contributed by atoms with E-state index in [2.05, 4.69) is 33.0 Å². The van der Waals surface area contributed by atoms with Crippen molar-refractivity contribution in [2.24, 2.45) is 69.5 Å². The summed E-state index contributed by atoms with van der Waals surface area (Å²) in [5.41, 5.74) is 6.09. The van der Waals surface area contributed by atoms with Gasteiger partial charge in [0.25, 0.3) is 0 Å². The van der Waals surface area contributed by atoms with E-state index in [4.69, 9.17) is 0 Å². The fourth-order valence-corrected chi connectivity index (χ4v) is 16.4. The molecule has 9 rings (SSSR count). The molecule has 282 valence electrons. The molecule has 6 heteroatoms. The second-order valence-electron chi connectivity index (χ2n) is 20.4. The zero-order valence-electron chi connectivity index (χ0n) is 32.2. The highest BCUT2D eigenvalue weighted by Crippen LogP contribution is 2.71. The number of ketones is 1. The number of hydrogen-bond donors (Lipinski definition) is 5. The van der Waals surface area contributed by atoms with E-state index >= 15 is 0 Å². The van der Waals surface area contributed by atoms with E-state index in [1.54, 1.807) is 28.4 Å². The minimum Gasteiger partial charge on any atom is -0.392 e. The molecule has 0 bridgehead atoms. The Hall–Kier alpha value is -1.31. The van der Waals surface area contributed by atoms with E-state index in [9.17, 15) is 25.2 Å². The van der Waals surface area contributed by atoms with Gasteiger partial charge in [-0.1, -0.05) is 62.8 Å². The highest BCUT2D eigenvalue weighted by Gasteiger charge is 2.69. The summed E-state index contributed by atoms with van der Waals surface area (Å²) in [6.45, 7) is 9.73. The van der Waals surface area contributed by atoms with Gasteiger partial charge in [-0.3, -0.25) is 4.79 Å². The lowest BCUT2D eigenvalue weighted by molar-refractivity contribution is -0.170. The molecular formula is C45H67NO5. The number of aliphatic hydroxyl groups is 4. The van der Waals surface area contributed by atoms with Crippen LogP contribution >= 0.6 is 0 Å². The van der Waals surface area contributed by atoms with Gasteiger partial charge >= 0.3 is 0 Å². The fraction of sp³-hybridized carbons (Fsp3) is 0.844. The largest absolute Gasteiger partial charge is 0.392 e. The van der Waals surface area contributed by atoms with Gasteiger partial charge in [-0.2, -0.15) is 0 Å². The number of rotatable bonds is 4. The summed E-state index contributed by atoms with van der Waals surface area (Å²) >= 11 is 0. The van der Waals surface area contributed by atoms with Crippen molar-refractivity contribution in [2.75, 3.05) is 13.6 Å². The molecule has 6 fully saturated rings. The molecule has 1 spiro atoms. The first-order valence-electron chi connectivity index (χ1n) is 21.4. The van der Waals surface area contributed by atoms with Gasteiger partial charge in [0, 0.05) is 35.6 Å². The zero-order valence-corrected chi connectivity index (χ0v) is 32.2. The van der Waals surface area contributed by atoms with Gasteiger partial charge in [0.05, 0.1) is 23.9 Å². The molecule has 0 amide bonds. The summed E-state index contributed by atoms with van der Waals surface area (Å²) in [6, 6.07) is 0. The Balaban J connectivity index is 1.09. The van der Waals surface area contributed by atoms with Crippen molar-refractivity contribution in [3.63, 3.8) is 0 Å². The lowest BCUT2D eigenvalue weighted by Crippen LogP contribution is -2.64. The molecule has 14 atom stereocenters. The Morgan fingerprint density at radius 1 is 0.902 bits per heavy atom. The fourth-order valence-electron chi connectivity index (χ4n) is 16.4. The minimum absolute atomic E-state index is 0.00739. The second kappa shape index (κ2) is 12.1. The molecule has 0 aromatic rings. The number of nitrogens with one attached hydrogen (secondary N) is 1. The predicted molar refractivity (Wildman–Crippen MR) is 199 cm³/mol. The van der Waals surface area contributed by atoms with E-state index in [1.165, 1.54) is 64.2 Å². The first-order valence-corrected chi connectivity index (χ1v) is 21.4. The molecule has 9 aliphatic rings. The normalized spacial score (nSPS) is 50.1. The molecule has 0 heterocycles. The van der Waals surface area contributed by atoms with E-state index in [-0.39, 0.29) is 41.3 Å². The van der Waals surface area contributed by atoms with Crippen molar-refractivity contribution in [3.8, 4) is 0 Å². The summed E-state index contributed by atoms with van der Waals surface area (Å²) in [6.07, 6.45) is 17.4. The Morgan fingerprint density at radius 2 is 1.63 bits per heavy atom. The molecule has 0 aromatic carbocycles. The number of carbonyl (C=O) groups is 1. The highest BCUT2D eigenvalue weighted by atomic mass is 16.3. The van der Waals surface area contributed by atoms with Gasteiger partial charge in [0.2, 0.25) is 0 Å². The Labute approximate surface area is 307 Å². The summed E-state index contributed by atoms with van der Waals surface area (Å²) < 4.78 is 0. The van der Waals surface area contributed by atoms with Crippen LogP contribution in [0.1, 0.15) is 130 Å². The second-order valence-corrected chi connectivity index (χ2v) is 20.4. The van der Waals surface area contributed by atoms with E-state index < -0.39 is 34.7 Å². The van der Waals surface area contributed by atoms with Crippen molar-refractivity contribution in [1.29, 1.82) is 0 Å². The first kappa shape index (κ1) is 35.4. The molecular weight excluding hydrogens is 634 g/mol. The molecule has 51 heavy (non-hydrogen) atoms. The van der Waals surface area contributed by atoms with Crippen LogP contribution in [-0.2, 0) is 4.79 Å². The Morgan fingerprint density at radius 3 is 2.35 bits per heavy atom. The third-order valence-corrected chi connectivity index (χ3v) is 18.2. The lowest BCUT2D eigenvalue weighted by Gasteiger charge is -2.62. The van der Waals surface area contributed by atoms with Crippen LogP contribution in [0.3, 0.4) is 0 Å². The summed E-state index contributed by atoms with van der Waals surface area (Å²) in [7, 11) is 1.84. The molecule has 6 saturated carbocycles. The van der Waals surface area contributed by atoms with Gasteiger partial charge in [0.15, 0.2) is 5.78 Å². The summed E-state index contributed by atoms with van der Waals surface area (Å²) in [5, 5.41) is 51.5. The Kier molecular flexibility index (Phi) is 8.39. The third-order valence-electron chi connectivity index (χ3n) is 18.2. The van der Waals surface area contributed by atoms with Crippen molar-refractivity contribution in [2.45, 2.75) is 154 Å². The van der Waals surface area contributed by atoms with E-state index in [1.807, 2.05) is 7.05 Å². The number of fused-ring (bicyclic) bond motifs is 8. The molecule has 0 radical (unpaired) electrons. The van der Waals surface area contributed by atoms with Crippen LogP contribution in [0.25, 0.3) is 0 Å². The predicted octanol–water partition coefficient (Wildman–Crippen LogP) is 7.06. The van der Waals surface area contributed by atoms with Crippen LogP contribution in [0.2, 0.25) is 0 Å². The quantitative estimate of drug-likeness (QED) is 0.201. The monoisotopic (exact) mass is 702 g/mol. The first-order chi connectivity index (χ1) is 24.3. The smallest absolute Gasteiger partial charge is 0.159 e. The highest BCUT2D eigenvalue weighted by molar-refractivity contribution is 5.95. The summed E-state index contributed by atoms with van der Waals surface area (Å²) in [4.78, 5) is 14.2. The maximum atomic E-state index is 14.2. The van der Waals surface area contributed by atoms with Gasteiger partial charge in [-0.15, -0.1) is 0 Å². The number of hydrogen-bond acceptors (Lipinski definition) is 6. The van der Waals surface area contributed by atoms with Crippen LogP contribution in [0.4, 0.5) is 0 Å². The van der Waals surface area contributed by atoms with Crippen LogP contribution in [-0.4, -0.2) is 63.7 Å². The maximum Gasteiger partial charge on any atom is 0.159 e. The van der Waals surface area contributed by atoms with Crippen molar-refractivity contribution in [1.82, 2.24) is 5.32 Å². The lowest BCUT2D eigenvalue weighted by atomic mass is 9.43. The molecule has 0 saturated heterocycles.